The lowest BCUT2D eigenvalue weighted by molar-refractivity contribution is -0.384. The minimum Gasteiger partial charge on any atom is -0.493 e. The third kappa shape index (κ3) is 5.86. The molecule has 1 fully saturated rings. The van der Waals surface area contributed by atoms with Crippen LogP contribution in [0.15, 0.2) is 46.4 Å². The van der Waals surface area contributed by atoms with Crippen molar-refractivity contribution in [2.24, 2.45) is 0 Å². The van der Waals surface area contributed by atoms with Crippen molar-refractivity contribution in [2.75, 3.05) is 7.11 Å². The quantitative estimate of drug-likeness (QED) is 0.238. The predicted octanol–water partition coefficient (Wildman–Crippen LogP) is 4.91. The number of nitriles is 1. The Morgan fingerprint density at radius 2 is 2.09 bits per heavy atom. The molecule has 9 heteroatoms. The fourth-order valence-electron chi connectivity index (χ4n) is 3.53. The smallest absolute Gasteiger partial charge is 0.269 e. The van der Waals surface area contributed by atoms with Crippen LogP contribution in [0.1, 0.15) is 36.8 Å². The van der Waals surface area contributed by atoms with Crippen LogP contribution in [0.3, 0.4) is 0 Å². The van der Waals surface area contributed by atoms with E-state index in [2.05, 4.69) is 21.2 Å². The van der Waals surface area contributed by atoms with Gasteiger partial charge in [-0.2, -0.15) is 5.26 Å². The summed E-state index contributed by atoms with van der Waals surface area (Å²) in [6.45, 7) is 0.0963. The minimum atomic E-state index is -0.462. The van der Waals surface area contributed by atoms with E-state index in [0.717, 1.165) is 25.7 Å². The summed E-state index contributed by atoms with van der Waals surface area (Å²) >= 11 is 3.44. The number of ether oxygens (including phenoxy) is 2. The average Bonchev–Trinajstić information content (AvgIpc) is 3.29. The van der Waals surface area contributed by atoms with Crippen LogP contribution in [0.4, 0.5) is 5.69 Å². The highest BCUT2D eigenvalue weighted by atomic mass is 79.9. The van der Waals surface area contributed by atoms with Crippen LogP contribution >= 0.6 is 15.9 Å². The molecule has 1 amide bonds. The van der Waals surface area contributed by atoms with Gasteiger partial charge in [0.25, 0.3) is 11.6 Å². The first kappa shape index (κ1) is 23.3. The van der Waals surface area contributed by atoms with E-state index in [1.165, 1.54) is 25.3 Å². The first-order chi connectivity index (χ1) is 15.4. The normalized spacial score (nSPS) is 14.0. The Hall–Kier alpha value is -3.38. The van der Waals surface area contributed by atoms with Crippen molar-refractivity contribution >= 4 is 33.6 Å². The van der Waals surface area contributed by atoms with Gasteiger partial charge in [0.15, 0.2) is 11.5 Å². The Balaban J connectivity index is 1.78. The average molecular weight is 500 g/mol. The molecule has 1 saturated carbocycles. The van der Waals surface area contributed by atoms with E-state index in [9.17, 15) is 20.2 Å². The molecular weight excluding hydrogens is 478 g/mol. The fraction of sp³-hybridized carbons (Fsp3) is 0.304. The molecule has 32 heavy (non-hydrogen) atoms. The van der Waals surface area contributed by atoms with Crippen LogP contribution in [-0.4, -0.2) is 24.0 Å². The second kappa shape index (κ2) is 10.8. The molecule has 2 aromatic carbocycles. The van der Waals surface area contributed by atoms with Crippen molar-refractivity contribution in [1.82, 2.24) is 5.32 Å². The maximum atomic E-state index is 12.5. The van der Waals surface area contributed by atoms with Crippen LogP contribution in [0.25, 0.3) is 6.08 Å². The van der Waals surface area contributed by atoms with Gasteiger partial charge in [-0.3, -0.25) is 14.9 Å². The summed E-state index contributed by atoms with van der Waals surface area (Å²) in [6, 6.07) is 11.6. The second-order valence-corrected chi connectivity index (χ2v) is 8.23. The van der Waals surface area contributed by atoms with E-state index in [4.69, 9.17) is 9.47 Å². The van der Waals surface area contributed by atoms with Gasteiger partial charge in [0, 0.05) is 18.2 Å². The molecule has 1 N–H and O–H groups in total. The summed E-state index contributed by atoms with van der Waals surface area (Å²) in [6.07, 6.45) is 5.53. The molecule has 2 aromatic rings. The van der Waals surface area contributed by atoms with Crippen molar-refractivity contribution < 1.29 is 19.2 Å². The maximum Gasteiger partial charge on any atom is 0.269 e. The zero-order valence-corrected chi connectivity index (χ0v) is 19.1. The number of nitro benzene ring substituents is 1. The highest BCUT2D eigenvalue weighted by Gasteiger charge is 2.20. The number of nitro groups is 1. The zero-order valence-electron chi connectivity index (χ0n) is 17.5. The van der Waals surface area contributed by atoms with Crippen molar-refractivity contribution in [3.8, 4) is 17.6 Å². The molecule has 1 aliphatic carbocycles. The maximum absolute atomic E-state index is 12.5. The molecule has 0 saturated heterocycles. The lowest BCUT2D eigenvalue weighted by Gasteiger charge is -2.14. The van der Waals surface area contributed by atoms with E-state index in [0.29, 0.717) is 27.1 Å². The van der Waals surface area contributed by atoms with Crippen molar-refractivity contribution in [2.45, 2.75) is 38.3 Å². The molecule has 0 aromatic heterocycles. The lowest BCUT2D eigenvalue weighted by atomic mass is 10.1. The van der Waals surface area contributed by atoms with Gasteiger partial charge < -0.3 is 14.8 Å². The van der Waals surface area contributed by atoms with Crippen LogP contribution in [0.2, 0.25) is 0 Å². The van der Waals surface area contributed by atoms with Crippen LogP contribution in [0.5, 0.6) is 11.5 Å². The topological polar surface area (TPSA) is 114 Å². The number of nitrogens with zero attached hydrogens (tertiary/aromatic N) is 2. The summed E-state index contributed by atoms with van der Waals surface area (Å²) in [4.78, 5) is 23.0. The van der Waals surface area contributed by atoms with Gasteiger partial charge >= 0.3 is 0 Å². The van der Waals surface area contributed by atoms with Gasteiger partial charge in [0.2, 0.25) is 0 Å². The predicted molar refractivity (Wildman–Crippen MR) is 122 cm³/mol. The minimum absolute atomic E-state index is 0.0103. The highest BCUT2D eigenvalue weighted by Crippen LogP contribution is 2.38. The molecule has 0 spiro atoms. The largest absolute Gasteiger partial charge is 0.493 e. The van der Waals surface area contributed by atoms with Gasteiger partial charge in [0.1, 0.15) is 18.2 Å². The number of rotatable bonds is 8. The third-order valence-corrected chi connectivity index (χ3v) is 5.71. The molecule has 166 valence electrons. The van der Waals surface area contributed by atoms with Gasteiger partial charge in [-0.1, -0.05) is 25.0 Å². The molecule has 0 radical (unpaired) electrons. The first-order valence-electron chi connectivity index (χ1n) is 10.1. The Morgan fingerprint density at radius 3 is 2.75 bits per heavy atom. The summed E-state index contributed by atoms with van der Waals surface area (Å²) < 4.78 is 11.8. The summed E-state index contributed by atoms with van der Waals surface area (Å²) in [7, 11) is 1.48. The number of halogens is 1. The summed E-state index contributed by atoms with van der Waals surface area (Å²) in [5.74, 6) is 0.412. The summed E-state index contributed by atoms with van der Waals surface area (Å²) in [5, 5.41) is 23.3. The van der Waals surface area contributed by atoms with E-state index in [1.807, 2.05) is 6.07 Å². The molecule has 8 nitrogen and oxygen atoms in total. The number of benzene rings is 2. The van der Waals surface area contributed by atoms with Gasteiger partial charge in [-0.15, -0.1) is 0 Å². The van der Waals surface area contributed by atoms with E-state index < -0.39 is 4.92 Å². The number of amides is 1. The molecule has 3 rings (SSSR count). The van der Waals surface area contributed by atoms with Gasteiger partial charge in [-0.05, 0) is 58.1 Å². The second-order valence-electron chi connectivity index (χ2n) is 7.37. The monoisotopic (exact) mass is 499 g/mol. The Kier molecular flexibility index (Phi) is 7.84. The number of carbonyl (C=O) groups is 1. The van der Waals surface area contributed by atoms with Gasteiger partial charge in [0.05, 0.1) is 16.5 Å². The van der Waals surface area contributed by atoms with Crippen LogP contribution in [-0.2, 0) is 11.4 Å². The number of carbonyl (C=O) groups excluding carboxylic acids is 1. The molecule has 0 unspecified atom stereocenters. The van der Waals surface area contributed by atoms with E-state index in [-0.39, 0.29) is 29.8 Å². The fourth-order valence-corrected chi connectivity index (χ4v) is 4.10. The molecule has 1 aliphatic rings. The highest BCUT2D eigenvalue weighted by molar-refractivity contribution is 9.10. The molecule has 0 heterocycles. The SMILES string of the molecule is COc1cc(/C=C(/C#N)C(=O)NC2CCCC2)cc(Br)c1OCc1cccc([N+](=O)[O-])c1. The number of nitrogens with one attached hydrogen (secondary N) is 1. The number of non-ortho nitro benzene ring substituents is 1. The lowest BCUT2D eigenvalue weighted by Crippen LogP contribution is -2.33. The Morgan fingerprint density at radius 1 is 1.34 bits per heavy atom. The third-order valence-electron chi connectivity index (χ3n) is 5.12. The van der Waals surface area contributed by atoms with Crippen LogP contribution in [0, 0.1) is 21.4 Å². The van der Waals surface area contributed by atoms with Crippen molar-refractivity contribution in [3.05, 3.63) is 67.7 Å². The zero-order chi connectivity index (χ0) is 23.1. The molecule has 0 aliphatic heterocycles. The number of methoxy groups -OCH3 is 1. The Labute approximate surface area is 194 Å². The van der Waals surface area contributed by atoms with Crippen molar-refractivity contribution in [1.29, 1.82) is 5.26 Å². The number of hydrogen-bond acceptors (Lipinski definition) is 6. The molecule has 0 atom stereocenters. The van der Waals surface area contributed by atoms with E-state index >= 15 is 0 Å². The first-order valence-corrected chi connectivity index (χ1v) is 10.9. The van der Waals surface area contributed by atoms with E-state index in [1.54, 1.807) is 24.3 Å². The Bertz CT molecular complexity index is 1090. The summed E-state index contributed by atoms with van der Waals surface area (Å²) in [5.41, 5.74) is 1.22. The number of hydrogen-bond donors (Lipinski definition) is 1. The molecular formula is C23H22BrN3O5. The van der Waals surface area contributed by atoms with Crippen LogP contribution < -0.4 is 14.8 Å². The molecule has 0 bridgehead atoms. The van der Waals surface area contributed by atoms with Gasteiger partial charge in [-0.25, -0.2) is 0 Å². The standard InChI is InChI=1S/C23H22BrN3O5/c1-31-21-12-16(9-17(13-25)23(28)26-18-6-2-3-7-18)11-20(24)22(21)32-14-15-5-4-8-19(10-15)27(29)30/h4-5,8-12,18H,2-3,6-7,14H2,1H3,(H,26,28)/b17-9-. The van der Waals surface area contributed by atoms with Crippen molar-refractivity contribution in [3.63, 3.8) is 0 Å².